The molecule has 5 heteroatoms. The van der Waals surface area contributed by atoms with E-state index in [9.17, 15) is 9.59 Å². The van der Waals surface area contributed by atoms with Crippen LogP contribution in [0.2, 0.25) is 0 Å². The minimum atomic E-state index is -0.347. The first-order valence-corrected chi connectivity index (χ1v) is 7.17. The Morgan fingerprint density at radius 2 is 2.05 bits per heavy atom. The number of thioether (sulfide) groups is 1. The third kappa shape index (κ3) is 2.76. The van der Waals surface area contributed by atoms with Crippen molar-refractivity contribution in [1.29, 1.82) is 0 Å². The van der Waals surface area contributed by atoms with E-state index in [1.54, 1.807) is 0 Å². The van der Waals surface area contributed by atoms with Crippen molar-refractivity contribution >= 4 is 29.3 Å². The number of aryl methyl sites for hydroxylation is 1. The van der Waals surface area contributed by atoms with Gasteiger partial charge in [0, 0.05) is 23.0 Å². The van der Waals surface area contributed by atoms with Crippen LogP contribution in [0.1, 0.15) is 25.8 Å². The van der Waals surface area contributed by atoms with Crippen molar-refractivity contribution in [1.82, 2.24) is 4.90 Å². The van der Waals surface area contributed by atoms with E-state index in [4.69, 9.17) is 5.73 Å². The van der Waals surface area contributed by atoms with E-state index in [2.05, 4.69) is 0 Å². The molecule has 2 rings (SSSR count). The SMILES string of the molecule is Cc1ccc(SC2CC(=O)N(C(C)C)C2=O)c(N)c1. The number of carbonyl (C=O) groups excluding carboxylic acids is 2. The third-order valence-corrected chi connectivity index (χ3v) is 4.37. The molecule has 1 saturated heterocycles. The van der Waals surface area contributed by atoms with Crippen molar-refractivity contribution in [3.8, 4) is 0 Å². The first-order chi connectivity index (χ1) is 8.90. The molecule has 19 heavy (non-hydrogen) atoms. The van der Waals surface area contributed by atoms with Gasteiger partial charge in [0.15, 0.2) is 0 Å². The van der Waals surface area contributed by atoms with E-state index < -0.39 is 0 Å². The lowest BCUT2D eigenvalue weighted by molar-refractivity contribution is -0.140. The highest BCUT2D eigenvalue weighted by atomic mass is 32.2. The fraction of sp³-hybridized carbons (Fsp3) is 0.429. The summed E-state index contributed by atoms with van der Waals surface area (Å²) in [5.41, 5.74) is 7.69. The first-order valence-electron chi connectivity index (χ1n) is 6.29. The second-order valence-corrected chi connectivity index (χ2v) is 6.29. The quantitative estimate of drug-likeness (QED) is 0.680. The lowest BCUT2D eigenvalue weighted by Crippen LogP contribution is -2.37. The van der Waals surface area contributed by atoms with Gasteiger partial charge in [-0.15, -0.1) is 11.8 Å². The Balaban J connectivity index is 2.16. The van der Waals surface area contributed by atoms with E-state index >= 15 is 0 Å². The van der Waals surface area contributed by atoms with Gasteiger partial charge in [0.1, 0.15) is 0 Å². The topological polar surface area (TPSA) is 63.4 Å². The van der Waals surface area contributed by atoms with Gasteiger partial charge in [0.05, 0.1) is 5.25 Å². The van der Waals surface area contributed by atoms with Gasteiger partial charge < -0.3 is 5.73 Å². The van der Waals surface area contributed by atoms with Crippen molar-refractivity contribution in [3.63, 3.8) is 0 Å². The third-order valence-electron chi connectivity index (χ3n) is 3.09. The lowest BCUT2D eigenvalue weighted by atomic mass is 10.2. The lowest BCUT2D eigenvalue weighted by Gasteiger charge is -2.19. The number of rotatable bonds is 3. The highest BCUT2D eigenvalue weighted by Gasteiger charge is 2.40. The Kier molecular flexibility index (Phi) is 3.85. The average molecular weight is 278 g/mol. The van der Waals surface area contributed by atoms with Gasteiger partial charge in [-0.2, -0.15) is 0 Å². The highest BCUT2D eigenvalue weighted by molar-refractivity contribution is 8.00. The minimum Gasteiger partial charge on any atom is -0.398 e. The number of hydrogen-bond acceptors (Lipinski definition) is 4. The summed E-state index contributed by atoms with van der Waals surface area (Å²) < 4.78 is 0. The summed E-state index contributed by atoms with van der Waals surface area (Å²) in [6.07, 6.45) is 0.259. The molecule has 0 radical (unpaired) electrons. The standard InChI is InChI=1S/C14H18N2O2S/c1-8(2)16-13(17)7-12(14(16)18)19-11-5-4-9(3)6-10(11)15/h4-6,8,12H,7,15H2,1-3H3. The summed E-state index contributed by atoms with van der Waals surface area (Å²) in [6.45, 7) is 5.67. The van der Waals surface area contributed by atoms with Crippen LogP contribution in [0.3, 0.4) is 0 Å². The normalized spacial score (nSPS) is 19.6. The zero-order valence-corrected chi connectivity index (χ0v) is 12.2. The summed E-state index contributed by atoms with van der Waals surface area (Å²) in [5, 5.41) is -0.347. The largest absolute Gasteiger partial charge is 0.398 e. The van der Waals surface area contributed by atoms with E-state index in [1.807, 2.05) is 39.0 Å². The molecule has 1 fully saturated rings. The van der Waals surface area contributed by atoms with E-state index in [-0.39, 0.29) is 29.5 Å². The highest BCUT2D eigenvalue weighted by Crippen LogP contribution is 2.35. The first kappa shape index (κ1) is 13.9. The number of carbonyl (C=O) groups is 2. The fourth-order valence-corrected chi connectivity index (χ4v) is 3.27. The molecule has 0 spiro atoms. The van der Waals surface area contributed by atoms with Crippen molar-refractivity contribution in [2.45, 2.75) is 43.4 Å². The smallest absolute Gasteiger partial charge is 0.243 e. The van der Waals surface area contributed by atoms with Gasteiger partial charge in [0.25, 0.3) is 0 Å². The minimum absolute atomic E-state index is 0.0824. The Bertz CT molecular complexity index is 528. The number of hydrogen-bond donors (Lipinski definition) is 1. The van der Waals surface area contributed by atoms with Crippen LogP contribution < -0.4 is 5.73 Å². The van der Waals surface area contributed by atoms with Gasteiger partial charge in [0.2, 0.25) is 11.8 Å². The zero-order chi connectivity index (χ0) is 14.2. The maximum absolute atomic E-state index is 12.2. The van der Waals surface area contributed by atoms with Gasteiger partial charge in [-0.1, -0.05) is 6.07 Å². The van der Waals surface area contributed by atoms with Crippen molar-refractivity contribution < 1.29 is 9.59 Å². The molecular weight excluding hydrogens is 260 g/mol. The second-order valence-electron chi connectivity index (χ2n) is 5.05. The maximum atomic E-state index is 12.2. The van der Waals surface area contributed by atoms with Gasteiger partial charge in [-0.25, -0.2) is 0 Å². The van der Waals surface area contributed by atoms with Crippen LogP contribution in [-0.2, 0) is 9.59 Å². The Morgan fingerprint density at radius 3 is 2.58 bits per heavy atom. The molecule has 0 aromatic heterocycles. The monoisotopic (exact) mass is 278 g/mol. The van der Waals surface area contributed by atoms with E-state index in [0.717, 1.165) is 10.5 Å². The van der Waals surface area contributed by atoms with Crippen LogP contribution in [0, 0.1) is 6.92 Å². The van der Waals surface area contributed by atoms with E-state index in [1.165, 1.54) is 16.7 Å². The molecule has 4 nitrogen and oxygen atoms in total. The molecular formula is C14H18N2O2S. The molecule has 1 aliphatic heterocycles. The molecule has 102 valence electrons. The predicted molar refractivity (Wildman–Crippen MR) is 76.8 cm³/mol. The number of anilines is 1. The van der Waals surface area contributed by atoms with E-state index in [0.29, 0.717) is 5.69 Å². The van der Waals surface area contributed by atoms with Gasteiger partial charge in [-0.05, 0) is 38.5 Å². The number of benzene rings is 1. The molecule has 1 atom stereocenters. The number of imide groups is 1. The second kappa shape index (κ2) is 5.25. The Morgan fingerprint density at radius 1 is 1.37 bits per heavy atom. The zero-order valence-electron chi connectivity index (χ0n) is 11.3. The van der Waals surface area contributed by atoms with Crippen molar-refractivity contribution in [2.24, 2.45) is 0 Å². The number of nitrogen functional groups attached to an aromatic ring is 1. The molecule has 1 aliphatic rings. The van der Waals surface area contributed by atoms with Gasteiger partial charge >= 0.3 is 0 Å². The number of nitrogens with two attached hydrogens (primary N) is 1. The molecule has 1 aromatic carbocycles. The molecule has 0 saturated carbocycles. The number of nitrogens with zero attached hydrogens (tertiary/aromatic N) is 1. The Labute approximate surface area is 117 Å². The van der Waals surface area contributed by atoms with Crippen LogP contribution in [0.25, 0.3) is 0 Å². The summed E-state index contributed by atoms with van der Waals surface area (Å²) in [7, 11) is 0. The molecule has 1 aromatic rings. The summed E-state index contributed by atoms with van der Waals surface area (Å²) in [6, 6.07) is 5.66. The average Bonchev–Trinajstić information content (AvgIpc) is 2.58. The molecule has 2 amide bonds. The van der Waals surface area contributed by atoms with Crippen molar-refractivity contribution in [3.05, 3.63) is 23.8 Å². The number of likely N-dealkylation sites (tertiary alicyclic amines) is 1. The van der Waals surface area contributed by atoms with Crippen LogP contribution in [0.4, 0.5) is 5.69 Å². The maximum Gasteiger partial charge on any atom is 0.243 e. The van der Waals surface area contributed by atoms with Crippen LogP contribution in [0.5, 0.6) is 0 Å². The summed E-state index contributed by atoms with van der Waals surface area (Å²) in [4.78, 5) is 26.2. The van der Waals surface area contributed by atoms with Crippen molar-refractivity contribution in [2.75, 3.05) is 5.73 Å². The number of amides is 2. The molecule has 0 aliphatic carbocycles. The fourth-order valence-electron chi connectivity index (χ4n) is 2.19. The Hall–Kier alpha value is -1.49. The predicted octanol–water partition coefficient (Wildman–Crippen LogP) is 2.21. The molecule has 1 unspecified atom stereocenters. The van der Waals surface area contributed by atoms with Crippen LogP contribution >= 0.6 is 11.8 Å². The summed E-state index contributed by atoms with van der Waals surface area (Å²) >= 11 is 1.38. The van der Waals surface area contributed by atoms with Gasteiger partial charge in [-0.3, -0.25) is 14.5 Å². The van der Waals surface area contributed by atoms with Crippen LogP contribution in [0.15, 0.2) is 23.1 Å². The summed E-state index contributed by atoms with van der Waals surface area (Å²) in [5.74, 6) is -0.201. The molecule has 1 heterocycles. The molecule has 2 N–H and O–H groups in total. The molecule has 0 bridgehead atoms. The van der Waals surface area contributed by atoms with Crippen LogP contribution in [-0.4, -0.2) is 28.0 Å².